The van der Waals surface area contributed by atoms with Gasteiger partial charge in [0.15, 0.2) is 0 Å². The van der Waals surface area contributed by atoms with E-state index in [0.717, 1.165) is 0 Å². The summed E-state index contributed by atoms with van der Waals surface area (Å²) in [5, 5.41) is 24.3. The molecule has 0 heterocycles. The van der Waals surface area contributed by atoms with Gasteiger partial charge in [0.1, 0.15) is 6.61 Å². The average molecular weight is 136 g/mol. The molecule has 0 spiro atoms. The Labute approximate surface area is 51.4 Å². The summed E-state index contributed by atoms with van der Waals surface area (Å²) in [5.41, 5.74) is 0. The standard InChI is InChI=1S/C4H8O5/c5-3(2-9-8)1-4(6)7/h3,5,8H,1-2H2,(H,6,7)/t3-/m0/s1. The van der Waals surface area contributed by atoms with Crippen LogP contribution in [0.5, 0.6) is 0 Å². The average Bonchev–Trinajstić information content (AvgIpc) is 1.63. The predicted octanol–water partition coefficient (Wildman–Crippen LogP) is -0.688. The molecule has 0 aliphatic rings. The highest BCUT2D eigenvalue weighted by atomic mass is 17.1. The Bertz CT molecular complexity index is 91.0. The molecule has 1 atom stereocenters. The fourth-order valence-corrected chi connectivity index (χ4v) is 0.347. The number of carboxylic acids is 1. The van der Waals surface area contributed by atoms with Gasteiger partial charge in [-0.3, -0.25) is 10.1 Å². The van der Waals surface area contributed by atoms with Crippen LogP contribution in [0.3, 0.4) is 0 Å². The van der Waals surface area contributed by atoms with Crippen LogP contribution >= 0.6 is 0 Å². The lowest BCUT2D eigenvalue weighted by atomic mass is 10.3. The topological polar surface area (TPSA) is 87.0 Å². The minimum Gasteiger partial charge on any atom is -0.481 e. The number of carboxylic acid groups (broad SMARTS) is 1. The van der Waals surface area contributed by atoms with Gasteiger partial charge in [-0.25, -0.2) is 4.89 Å². The highest BCUT2D eigenvalue weighted by molar-refractivity contribution is 5.67. The predicted molar refractivity (Wildman–Crippen MR) is 26.8 cm³/mol. The van der Waals surface area contributed by atoms with Gasteiger partial charge >= 0.3 is 5.97 Å². The van der Waals surface area contributed by atoms with E-state index in [1.165, 1.54) is 0 Å². The van der Waals surface area contributed by atoms with Gasteiger partial charge in [0, 0.05) is 0 Å². The molecule has 0 aromatic carbocycles. The van der Waals surface area contributed by atoms with Gasteiger partial charge in [0.2, 0.25) is 0 Å². The molecule has 0 unspecified atom stereocenters. The first-order chi connectivity index (χ1) is 4.16. The highest BCUT2D eigenvalue weighted by Crippen LogP contribution is 1.90. The molecule has 5 nitrogen and oxygen atoms in total. The van der Waals surface area contributed by atoms with Gasteiger partial charge in [-0.15, -0.1) is 0 Å². The monoisotopic (exact) mass is 136 g/mol. The third kappa shape index (κ3) is 5.22. The third-order valence-corrected chi connectivity index (χ3v) is 0.677. The zero-order valence-corrected chi connectivity index (χ0v) is 4.65. The molecule has 0 aliphatic carbocycles. The molecular weight excluding hydrogens is 128 g/mol. The SMILES string of the molecule is O=C(O)C[C@H](O)COO. The van der Waals surface area contributed by atoms with Crippen molar-refractivity contribution in [2.24, 2.45) is 0 Å². The van der Waals surface area contributed by atoms with Crippen molar-refractivity contribution in [2.75, 3.05) is 6.61 Å². The maximum absolute atomic E-state index is 9.79. The first-order valence-electron chi connectivity index (χ1n) is 2.33. The second kappa shape index (κ2) is 4.25. The fourth-order valence-electron chi connectivity index (χ4n) is 0.347. The number of hydrogen-bond acceptors (Lipinski definition) is 4. The number of rotatable bonds is 4. The minimum atomic E-state index is -1.13. The Kier molecular flexibility index (Phi) is 3.94. The summed E-state index contributed by atoms with van der Waals surface area (Å²) >= 11 is 0. The van der Waals surface area contributed by atoms with E-state index in [0.29, 0.717) is 0 Å². The molecule has 0 rings (SSSR count). The Morgan fingerprint density at radius 1 is 1.67 bits per heavy atom. The molecule has 0 saturated heterocycles. The zero-order chi connectivity index (χ0) is 7.28. The van der Waals surface area contributed by atoms with Gasteiger partial charge < -0.3 is 10.2 Å². The number of hydrogen-bond donors (Lipinski definition) is 3. The summed E-state index contributed by atoms with van der Waals surface area (Å²) in [6.45, 7) is -0.369. The number of aliphatic hydroxyl groups is 1. The van der Waals surface area contributed by atoms with Crippen LogP contribution in [0.25, 0.3) is 0 Å². The van der Waals surface area contributed by atoms with E-state index in [-0.39, 0.29) is 6.61 Å². The Morgan fingerprint density at radius 2 is 2.22 bits per heavy atom. The first-order valence-corrected chi connectivity index (χ1v) is 2.33. The molecule has 0 saturated carbocycles. The second-order valence-electron chi connectivity index (χ2n) is 1.55. The zero-order valence-electron chi connectivity index (χ0n) is 4.65. The van der Waals surface area contributed by atoms with Gasteiger partial charge in [-0.05, 0) is 0 Å². The Hall–Kier alpha value is -0.650. The minimum absolute atomic E-state index is 0.369. The first kappa shape index (κ1) is 8.35. The molecule has 3 N–H and O–H groups in total. The molecule has 9 heavy (non-hydrogen) atoms. The van der Waals surface area contributed by atoms with Gasteiger partial charge in [0.05, 0.1) is 12.5 Å². The second-order valence-corrected chi connectivity index (χ2v) is 1.55. The quantitative estimate of drug-likeness (QED) is 0.352. The maximum atomic E-state index is 9.79. The Morgan fingerprint density at radius 3 is 2.56 bits per heavy atom. The molecule has 0 fully saturated rings. The maximum Gasteiger partial charge on any atom is 0.306 e. The molecule has 0 radical (unpaired) electrons. The van der Waals surface area contributed by atoms with Crippen LogP contribution in [0.2, 0.25) is 0 Å². The van der Waals surface area contributed by atoms with E-state index in [1.807, 2.05) is 0 Å². The molecule has 0 aromatic heterocycles. The van der Waals surface area contributed by atoms with Gasteiger partial charge in [0.25, 0.3) is 0 Å². The molecular formula is C4H8O5. The van der Waals surface area contributed by atoms with E-state index < -0.39 is 18.5 Å². The summed E-state index contributed by atoms with van der Waals surface area (Å²) in [4.78, 5) is 13.3. The number of aliphatic carboxylic acids is 1. The summed E-state index contributed by atoms with van der Waals surface area (Å²) < 4.78 is 0. The van der Waals surface area contributed by atoms with Gasteiger partial charge in [-0.1, -0.05) is 0 Å². The van der Waals surface area contributed by atoms with E-state index in [1.54, 1.807) is 0 Å². The van der Waals surface area contributed by atoms with Crippen molar-refractivity contribution >= 4 is 5.97 Å². The van der Waals surface area contributed by atoms with Crippen LogP contribution in [-0.2, 0) is 9.68 Å². The summed E-state index contributed by atoms with van der Waals surface area (Å²) in [6.07, 6.45) is -1.55. The fraction of sp³-hybridized carbons (Fsp3) is 0.750. The summed E-state index contributed by atoms with van der Waals surface area (Å²) in [7, 11) is 0. The van der Waals surface area contributed by atoms with Crippen molar-refractivity contribution in [2.45, 2.75) is 12.5 Å². The van der Waals surface area contributed by atoms with Crippen LogP contribution in [0.4, 0.5) is 0 Å². The van der Waals surface area contributed by atoms with E-state index in [2.05, 4.69) is 4.89 Å². The lowest BCUT2D eigenvalue weighted by Gasteiger charge is -2.02. The van der Waals surface area contributed by atoms with Crippen molar-refractivity contribution in [3.63, 3.8) is 0 Å². The van der Waals surface area contributed by atoms with Crippen LogP contribution < -0.4 is 0 Å². The van der Waals surface area contributed by atoms with E-state index in [9.17, 15) is 4.79 Å². The van der Waals surface area contributed by atoms with Crippen molar-refractivity contribution in [1.82, 2.24) is 0 Å². The lowest BCUT2D eigenvalue weighted by Crippen LogP contribution is -2.18. The van der Waals surface area contributed by atoms with Crippen LogP contribution in [-0.4, -0.2) is 34.2 Å². The van der Waals surface area contributed by atoms with Crippen molar-refractivity contribution in [3.8, 4) is 0 Å². The smallest absolute Gasteiger partial charge is 0.306 e. The number of aliphatic hydroxyl groups excluding tert-OH is 1. The van der Waals surface area contributed by atoms with E-state index in [4.69, 9.17) is 15.5 Å². The van der Waals surface area contributed by atoms with Crippen LogP contribution in [0, 0.1) is 0 Å². The largest absolute Gasteiger partial charge is 0.481 e. The van der Waals surface area contributed by atoms with Crippen molar-refractivity contribution < 1.29 is 25.2 Å². The van der Waals surface area contributed by atoms with Gasteiger partial charge in [-0.2, -0.15) is 0 Å². The Balaban J connectivity index is 3.26. The highest BCUT2D eigenvalue weighted by Gasteiger charge is 2.08. The molecule has 54 valence electrons. The molecule has 5 heteroatoms. The normalized spacial score (nSPS) is 13.1. The summed E-state index contributed by atoms with van der Waals surface area (Å²) in [6, 6.07) is 0. The van der Waals surface area contributed by atoms with Crippen LogP contribution in [0.1, 0.15) is 6.42 Å². The van der Waals surface area contributed by atoms with Crippen LogP contribution in [0.15, 0.2) is 0 Å². The third-order valence-electron chi connectivity index (χ3n) is 0.677. The van der Waals surface area contributed by atoms with Crippen molar-refractivity contribution in [1.29, 1.82) is 0 Å². The van der Waals surface area contributed by atoms with E-state index >= 15 is 0 Å². The summed E-state index contributed by atoms with van der Waals surface area (Å²) in [5.74, 6) is -1.13. The molecule has 0 amide bonds. The molecule has 0 aliphatic heterocycles. The lowest BCUT2D eigenvalue weighted by molar-refractivity contribution is -0.257. The molecule has 0 bridgehead atoms. The number of carbonyl (C=O) groups is 1. The van der Waals surface area contributed by atoms with Crippen molar-refractivity contribution in [3.05, 3.63) is 0 Å². The molecule has 0 aromatic rings.